The fourth-order valence-electron chi connectivity index (χ4n) is 9.41. The van der Waals surface area contributed by atoms with E-state index in [-0.39, 0.29) is 69.0 Å². The van der Waals surface area contributed by atoms with Gasteiger partial charge in [0.1, 0.15) is 40.8 Å². The Hall–Kier alpha value is -7.46. The number of piperidine rings is 1. The summed E-state index contributed by atoms with van der Waals surface area (Å²) in [7, 11) is -4.23. The lowest BCUT2D eigenvalue weighted by Crippen LogP contribution is -2.63. The fraction of sp³-hybridized carbons (Fsp3) is 0.463. The van der Waals surface area contributed by atoms with Crippen LogP contribution in [-0.4, -0.2) is 121 Å². The van der Waals surface area contributed by atoms with Gasteiger partial charge in [-0.1, -0.05) is 54.6 Å². The lowest BCUT2D eigenvalue weighted by Gasteiger charge is -2.38. The van der Waals surface area contributed by atoms with Crippen molar-refractivity contribution in [2.45, 2.75) is 140 Å². The second-order valence-electron chi connectivity index (χ2n) is 21.3. The summed E-state index contributed by atoms with van der Waals surface area (Å²) in [6.45, 7) is 14.5. The molecule has 2 aliphatic heterocycles. The van der Waals surface area contributed by atoms with E-state index in [1.54, 1.807) is 56.0 Å². The van der Waals surface area contributed by atoms with Crippen LogP contribution < -0.4 is 52.7 Å². The topological polar surface area (TPSA) is 336 Å². The van der Waals surface area contributed by atoms with Gasteiger partial charge in [-0.15, -0.1) is 0 Å². The third-order valence-electron chi connectivity index (χ3n) is 13.5. The lowest BCUT2D eigenvalue weighted by atomic mass is 9.87. The molecule has 13 N–H and O–H groups in total. The van der Waals surface area contributed by atoms with Gasteiger partial charge < -0.3 is 57.9 Å². The third kappa shape index (κ3) is 14.9. The molecule has 1 saturated heterocycles. The van der Waals surface area contributed by atoms with Crippen LogP contribution in [0.2, 0.25) is 0 Å². The van der Waals surface area contributed by atoms with Gasteiger partial charge in [0.05, 0.1) is 17.0 Å². The van der Waals surface area contributed by atoms with E-state index in [0.29, 0.717) is 45.7 Å². The van der Waals surface area contributed by atoms with Gasteiger partial charge in [-0.2, -0.15) is 0 Å². The second-order valence-corrected chi connectivity index (χ2v) is 22.9. The number of benzene rings is 4. The van der Waals surface area contributed by atoms with Crippen LogP contribution in [0.15, 0.2) is 76.6 Å². The third-order valence-corrected chi connectivity index (χ3v) is 15.2. The highest BCUT2D eigenvalue weighted by Gasteiger charge is 2.41. The number of carboxylic acids is 1. The molecule has 4 aromatic rings. The van der Waals surface area contributed by atoms with Crippen molar-refractivity contribution in [3.63, 3.8) is 0 Å². The van der Waals surface area contributed by atoms with Crippen LogP contribution in [-0.2, 0) is 53.3 Å². The van der Waals surface area contributed by atoms with Gasteiger partial charge in [0.25, 0.3) is 10.0 Å². The average molecular weight is 1070 g/mol. The molecule has 0 bridgehead atoms. The van der Waals surface area contributed by atoms with E-state index in [4.69, 9.17) is 32.1 Å². The molecule has 0 saturated carbocycles. The molecule has 2 aliphatic rings. The SMILES string of the molecule is Cc1c(C)c(S(=O)(=O)NC(N)=NCCC[C@H](NC(=O)C2(N)CCN(C(=N)N)CC2)C(=O)N[C@@H](Cc2ccc3ccccc3c2)C(=O)NCC(=O)N[C@H](Cc2ccc(OC(C)(C)C)cc2)C(=O)O)c(C)c2c1OC(C)(C)C2. The summed E-state index contributed by atoms with van der Waals surface area (Å²) in [6, 6.07) is 15.9. The van der Waals surface area contributed by atoms with E-state index >= 15 is 0 Å². The van der Waals surface area contributed by atoms with E-state index in [1.807, 2.05) is 71.0 Å². The van der Waals surface area contributed by atoms with Crippen LogP contribution in [0.4, 0.5) is 0 Å². The summed E-state index contributed by atoms with van der Waals surface area (Å²) in [5.74, 6) is -3.62. The predicted molar refractivity (Wildman–Crippen MR) is 289 cm³/mol. The van der Waals surface area contributed by atoms with Gasteiger partial charge in [-0.25, -0.2) is 17.9 Å². The number of fused-ring (bicyclic) bond motifs is 2. The van der Waals surface area contributed by atoms with Crippen LogP contribution in [0.1, 0.15) is 93.7 Å². The minimum atomic E-state index is -4.23. The monoisotopic (exact) mass is 1070 g/mol. The van der Waals surface area contributed by atoms with E-state index in [9.17, 15) is 37.5 Å². The Labute approximate surface area is 444 Å². The molecule has 21 nitrogen and oxygen atoms in total. The number of nitrogens with zero attached hydrogens (tertiary/aromatic N) is 2. The van der Waals surface area contributed by atoms with Crippen molar-refractivity contribution in [2.75, 3.05) is 26.2 Å². The van der Waals surface area contributed by atoms with Crippen LogP contribution in [0, 0.1) is 26.2 Å². The molecule has 76 heavy (non-hydrogen) atoms. The fourth-order valence-corrected chi connectivity index (χ4v) is 10.9. The number of aliphatic carboxylic acids is 1. The van der Waals surface area contributed by atoms with Gasteiger partial charge in [0, 0.05) is 44.5 Å². The Kier molecular flexibility index (Phi) is 18.0. The zero-order valence-electron chi connectivity index (χ0n) is 44.5. The number of guanidine groups is 2. The molecule has 3 atom stereocenters. The molecular formula is C54H73N11O10S. The highest BCUT2D eigenvalue weighted by atomic mass is 32.2. The Morgan fingerprint density at radius 1 is 0.842 bits per heavy atom. The first kappa shape index (κ1) is 57.8. The van der Waals surface area contributed by atoms with Gasteiger partial charge in [0.15, 0.2) is 5.96 Å². The van der Waals surface area contributed by atoms with Crippen LogP contribution in [0.3, 0.4) is 0 Å². The number of aliphatic imine (C=N–C) groups is 1. The van der Waals surface area contributed by atoms with Crippen LogP contribution in [0.25, 0.3) is 10.8 Å². The van der Waals surface area contributed by atoms with Crippen LogP contribution >= 0.6 is 0 Å². The van der Waals surface area contributed by atoms with Gasteiger partial charge in [-0.05, 0) is 132 Å². The number of nitrogens with one attached hydrogen (secondary N) is 6. The largest absolute Gasteiger partial charge is 0.488 e. The first-order valence-electron chi connectivity index (χ1n) is 25.2. The zero-order valence-corrected chi connectivity index (χ0v) is 45.3. The molecule has 22 heteroatoms. The standard InChI is InChI=1S/C54H73N11O10S/c1-31-32(2)45(33(3)39-29-53(7,8)75-44(31)39)76(72,73)64-51(57)59-23-11-14-40(63-49(71)54(58)21-24-65(25-22-54)50(55)56)47(68)62-41(28-35-15-18-36-12-9-10-13-37(36)26-35)46(67)60-30-43(66)61-42(48(69)70)27-34-16-19-38(20-17-34)74-52(4,5)6/h9-10,12-13,15-20,26,40-42H,11,14,21-25,27-30,58H2,1-8H3,(H3,55,56)(H,60,67)(H,61,66)(H,62,68)(H,63,71)(H,69,70)(H3,57,59,64)/t40-,41-,42+/m0/s1. The second kappa shape index (κ2) is 23.6. The number of hydrogen-bond acceptors (Lipinski definition) is 12. The Bertz CT molecular complexity index is 3000. The number of rotatable bonds is 20. The smallest absolute Gasteiger partial charge is 0.326 e. The minimum Gasteiger partial charge on any atom is -0.488 e. The molecule has 2 heterocycles. The highest BCUT2D eigenvalue weighted by molar-refractivity contribution is 7.90. The molecule has 410 valence electrons. The number of sulfonamides is 1. The first-order valence-corrected chi connectivity index (χ1v) is 26.7. The average Bonchev–Trinajstić information content (AvgIpc) is 3.68. The van der Waals surface area contributed by atoms with Crippen molar-refractivity contribution < 1.29 is 47.0 Å². The number of carbonyl (C=O) groups excluding carboxylic acids is 4. The molecule has 0 aromatic heterocycles. The summed E-state index contributed by atoms with van der Waals surface area (Å²) in [5.41, 5.74) is 19.9. The van der Waals surface area contributed by atoms with Crippen molar-refractivity contribution in [3.8, 4) is 11.5 Å². The summed E-state index contributed by atoms with van der Waals surface area (Å²) in [4.78, 5) is 74.2. The van der Waals surface area contributed by atoms with Crippen molar-refractivity contribution >= 4 is 62.3 Å². The number of likely N-dealkylation sites (tertiary alicyclic amines) is 1. The maximum absolute atomic E-state index is 14.5. The maximum Gasteiger partial charge on any atom is 0.326 e. The summed E-state index contributed by atoms with van der Waals surface area (Å²) < 4.78 is 42.2. The molecule has 6 rings (SSSR count). The van der Waals surface area contributed by atoms with E-state index in [2.05, 4.69) is 31.0 Å². The lowest BCUT2D eigenvalue weighted by molar-refractivity contribution is -0.141. The van der Waals surface area contributed by atoms with Crippen LogP contribution in [0.5, 0.6) is 11.5 Å². The first-order chi connectivity index (χ1) is 35.5. The van der Waals surface area contributed by atoms with E-state index in [0.717, 1.165) is 16.3 Å². The highest BCUT2D eigenvalue weighted by Crippen LogP contribution is 2.43. The quantitative estimate of drug-likeness (QED) is 0.0346. The summed E-state index contributed by atoms with van der Waals surface area (Å²) in [6.07, 6.45) is 0.615. The van der Waals surface area contributed by atoms with E-state index in [1.165, 1.54) is 0 Å². The van der Waals surface area contributed by atoms with Crippen molar-refractivity contribution in [2.24, 2.45) is 22.2 Å². The van der Waals surface area contributed by atoms with Crippen molar-refractivity contribution in [1.82, 2.24) is 30.9 Å². The molecular weight excluding hydrogens is 995 g/mol. The number of hydrogen-bond donors (Lipinski definition) is 10. The van der Waals surface area contributed by atoms with Gasteiger partial charge in [0.2, 0.25) is 29.6 Å². The number of ether oxygens (including phenoxy) is 2. The molecule has 4 aromatic carbocycles. The number of amides is 4. The van der Waals surface area contributed by atoms with Crippen molar-refractivity contribution in [3.05, 3.63) is 100 Å². The molecule has 0 aliphatic carbocycles. The van der Waals surface area contributed by atoms with Gasteiger partial charge in [-0.3, -0.25) is 29.6 Å². The number of carbonyl (C=O) groups is 5. The molecule has 1 fully saturated rings. The Morgan fingerprint density at radius 3 is 2.11 bits per heavy atom. The van der Waals surface area contributed by atoms with E-state index < -0.39 is 87.0 Å². The van der Waals surface area contributed by atoms with Gasteiger partial charge >= 0.3 is 5.97 Å². The molecule has 0 radical (unpaired) electrons. The number of nitrogens with two attached hydrogens (primary N) is 3. The molecule has 0 unspecified atom stereocenters. The summed E-state index contributed by atoms with van der Waals surface area (Å²) in [5, 5.41) is 30.2. The zero-order chi connectivity index (χ0) is 55.9. The Morgan fingerprint density at radius 2 is 1.47 bits per heavy atom. The Balaban J connectivity index is 1.19. The number of carboxylic acid groups (broad SMARTS) is 1. The molecule has 4 amide bonds. The van der Waals surface area contributed by atoms with Crippen molar-refractivity contribution in [1.29, 1.82) is 5.41 Å². The maximum atomic E-state index is 14.5. The normalized spacial score (nSPS) is 16.3. The predicted octanol–water partition coefficient (Wildman–Crippen LogP) is 2.86. The molecule has 0 spiro atoms. The summed E-state index contributed by atoms with van der Waals surface area (Å²) >= 11 is 0. The minimum absolute atomic E-state index is 0.0612.